The minimum atomic E-state index is 0.535. The van der Waals surface area contributed by atoms with Crippen LogP contribution in [-0.2, 0) is 6.54 Å². The summed E-state index contributed by atoms with van der Waals surface area (Å²) in [6.07, 6.45) is 7.78. The summed E-state index contributed by atoms with van der Waals surface area (Å²) >= 11 is 0. The van der Waals surface area contributed by atoms with Crippen LogP contribution in [0.5, 0.6) is 0 Å². The Morgan fingerprint density at radius 2 is 1.94 bits per heavy atom. The van der Waals surface area contributed by atoms with Gasteiger partial charge in [-0.25, -0.2) is 0 Å². The lowest BCUT2D eigenvalue weighted by atomic mass is 9.85. The highest BCUT2D eigenvalue weighted by molar-refractivity contribution is 5.09. The maximum atomic E-state index is 4.06. The first kappa shape index (κ1) is 11.6. The third-order valence-electron chi connectivity index (χ3n) is 3.59. The molecule has 0 aliphatic carbocycles. The number of likely N-dealkylation sites (tertiary alicyclic amines) is 1. The molecule has 1 aromatic rings. The maximum absolute atomic E-state index is 4.06. The second-order valence-corrected chi connectivity index (χ2v) is 5.65. The normalized spacial score (nSPS) is 21.6. The smallest absolute Gasteiger partial charge is 0.0271 e. The van der Waals surface area contributed by atoms with Gasteiger partial charge in [-0.3, -0.25) is 9.88 Å². The average molecular weight is 218 g/mol. The van der Waals surface area contributed by atoms with Gasteiger partial charge in [-0.1, -0.05) is 13.8 Å². The van der Waals surface area contributed by atoms with E-state index in [0.717, 1.165) is 6.54 Å². The van der Waals surface area contributed by atoms with E-state index in [9.17, 15) is 0 Å². The van der Waals surface area contributed by atoms with Crippen LogP contribution in [-0.4, -0.2) is 23.0 Å². The van der Waals surface area contributed by atoms with E-state index in [2.05, 4.69) is 35.9 Å². The first-order chi connectivity index (χ1) is 7.66. The number of pyridine rings is 1. The fraction of sp³-hybridized carbons (Fsp3) is 0.643. The molecule has 0 aromatic carbocycles. The first-order valence-electron chi connectivity index (χ1n) is 6.27. The van der Waals surface area contributed by atoms with Crippen molar-refractivity contribution in [1.82, 2.24) is 9.88 Å². The van der Waals surface area contributed by atoms with E-state index in [1.54, 1.807) is 0 Å². The van der Waals surface area contributed by atoms with E-state index in [4.69, 9.17) is 0 Å². The van der Waals surface area contributed by atoms with E-state index in [1.165, 1.54) is 37.9 Å². The molecule has 16 heavy (non-hydrogen) atoms. The van der Waals surface area contributed by atoms with Crippen molar-refractivity contribution in [3.05, 3.63) is 30.1 Å². The van der Waals surface area contributed by atoms with Crippen LogP contribution in [0.2, 0.25) is 0 Å². The zero-order valence-corrected chi connectivity index (χ0v) is 10.4. The van der Waals surface area contributed by atoms with Gasteiger partial charge in [-0.2, -0.15) is 0 Å². The summed E-state index contributed by atoms with van der Waals surface area (Å²) in [6, 6.07) is 4.24. The molecule has 1 aliphatic rings. The van der Waals surface area contributed by atoms with Crippen molar-refractivity contribution in [2.24, 2.45) is 5.41 Å². The van der Waals surface area contributed by atoms with Crippen molar-refractivity contribution in [1.29, 1.82) is 0 Å². The van der Waals surface area contributed by atoms with Gasteiger partial charge in [0.15, 0.2) is 0 Å². The highest BCUT2D eigenvalue weighted by Crippen LogP contribution is 2.30. The van der Waals surface area contributed by atoms with Gasteiger partial charge in [-0.05, 0) is 55.5 Å². The molecule has 0 bridgehead atoms. The van der Waals surface area contributed by atoms with Gasteiger partial charge < -0.3 is 0 Å². The van der Waals surface area contributed by atoms with Gasteiger partial charge in [0, 0.05) is 18.9 Å². The first-order valence-corrected chi connectivity index (χ1v) is 6.27. The lowest BCUT2D eigenvalue weighted by Crippen LogP contribution is -2.25. The molecule has 1 saturated heterocycles. The Bertz CT molecular complexity index is 319. The number of hydrogen-bond acceptors (Lipinski definition) is 2. The van der Waals surface area contributed by atoms with Crippen molar-refractivity contribution < 1.29 is 0 Å². The Balaban J connectivity index is 1.92. The van der Waals surface area contributed by atoms with E-state index in [-0.39, 0.29) is 0 Å². The highest BCUT2D eigenvalue weighted by atomic mass is 15.1. The van der Waals surface area contributed by atoms with Gasteiger partial charge in [-0.15, -0.1) is 0 Å². The largest absolute Gasteiger partial charge is 0.299 e. The Hall–Kier alpha value is -0.890. The van der Waals surface area contributed by atoms with Crippen LogP contribution >= 0.6 is 0 Å². The SMILES string of the molecule is CC1(C)CCCN(Cc2ccncc2)CC1. The molecule has 2 rings (SSSR count). The molecule has 0 saturated carbocycles. The van der Waals surface area contributed by atoms with Crippen molar-refractivity contribution in [3.8, 4) is 0 Å². The lowest BCUT2D eigenvalue weighted by Gasteiger charge is -2.23. The molecule has 1 fully saturated rings. The number of aromatic nitrogens is 1. The summed E-state index contributed by atoms with van der Waals surface area (Å²) in [4.78, 5) is 6.64. The van der Waals surface area contributed by atoms with Crippen LogP contribution < -0.4 is 0 Å². The summed E-state index contributed by atoms with van der Waals surface area (Å²) in [7, 11) is 0. The Morgan fingerprint density at radius 3 is 2.69 bits per heavy atom. The average Bonchev–Trinajstić information content (AvgIpc) is 2.42. The van der Waals surface area contributed by atoms with Gasteiger partial charge in [0.1, 0.15) is 0 Å². The number of rotatable bonds is 2. The molecule has 0 N–H and O–H groups in total. The molecule has 88 valence electrons. The molecule has 0 radical (unpaired) electrons. The summed E-state index contributed by atoms with van der Waals surface area (Å²) in [5.41, 5.74) is 1.92. The summed E-state index contributed by atoms with van der Waals surface area (Å²) in [5.74, 6) is 0. The quantitative estimate of drug-likeness (QED) is 0.758. The summed E-state index contributed by atoms with van der Waals surface area (Å²) in [5, 5.41) is 0. The molecule has 0 unspecified atom stereocenters. The predicted octanol–water partition coefficient (Wildman–Crippen LogP) is 3.09. The molecule has 1 aromatic heterocycles. The van der Waals surface area contributed by atoms with Crippen LogP contribution in [0.15, 0.2) is 24.5 Å². The molecular weight excluding hydrogens is 196 g/mol. The zero-order chi connectivity index (χ0) is 11.4. The van der Waals surface area contributed by atoms with Crippen molar-refractivity contribution in [2.75, 3.05) is 13.1 Å². The van der Waals surface area contributed by atoms with E-state index in [0.29, 0.717) is 5.41 Å². The van der Waals surface area contributed by atoms with Gasteiger partial charge in [0.25, 0.3) is 0 Å². The van der Waals surface area contributed by atoms with Crippen molar-refractivity contribution >= 4 is 0 Å². The molecule has 2 heteroatoms. The standard InChI is InChI=1S/C14H22N2/c1-14(2)6-3-10-16(11-7-14)12-13-4-8-15-9-5-13/h4-5,8-9H,3,6-7,10-12H2,1-2H3. The van der Waals surface area contributed by atoms with E-state index >= 15 is 0 Å². The maximum Gasteiger partial charge on any atom is 0.0271 e. The topological polar surface area (TPSA) is 16.1 Å². The second kappa shape index (κ2) is 4.96. The van der Waals surface area contributed by atoms with Crippen LogP contribution in [0.1, 0.15) is 38.7 Å². The molecule has 0 spiro atoms. The van der Waals surface area contributed by atoms with Crippen LogP contribution in [0, 0.1) is 5.41 Å². The molecule has 0 atom stereocenters. The molecule has 2 nitrogen and oxygen atoms in total. The number of hydrogen-bond donors (Lipinski definition) is 0. The van der Waals surface area contributed by atoms with Gasteiger partial charge in [0.05, 0.1) is 0 Å². The minimum absolute atomic E-state index is 0.535. The van der Waals surface area contributed by atoms with Crippen molar-refractivity contribution in [3.63, 3.8) is 0 Å². The Labute approximate surface area is 98.7 Å². The third kappa shape index (κ3) is 3.31. The van der Waals surface area contributed by atoms with Crippen molar-refractivity contribution in [2.45, 2.75) is 39.7 Å². The predicted molar refractivity (Wildman–Crippen MR) is 67.1 cm³/mol. The fourth-order valence-electron chi connectivity index (χ4n) is 2.38. The van der Waals surface area contributed by atoms with Crippen LogP contribution in [0.4, 0.5) is 0 Å². The van der Waals surface area contributed by atoms with Crippen LogP contribution in [0.3, 0.4) is 0 Å². The monoisotopic (exact) mass is 218 g/mol. The van der Waals surface area contributed by atoms with Gasteiger partial charge >= 0.3 is 0 Å². The molecule has 0 amide bonds. The van der Waals surface area contributed by atoms with E-state index in [1.807, 2.05) is 12.4 Å². The summed E-state index contributed by atoms with van der Waals surface area (Å²) < 4.78 is 0. The lowest BCUT2D eigenvalue weighted by molar-refractivity contribution is 0.256. The zero-order valence-electron chi connectivity index (χ0n) is 10.4. The van der Waals surface area contributed by atoms with Crippen LogP contribution in [0.25, 0.3) is 0 Å². The Kier molecular flexibility index (Phi) is 3.59. The minimum Gasteiger partial charge on any atom is -0.299 e. The molecule has 2 heterocycles. The molecule has 1 aliphatic heterocycles. The second-order valence-electron chi connectivity index (χ2n) is 5.65. The van der Waals surface area contributed by atoms with E-state index < -0.39 is 0 Å². The highest BCUT2D eigenvalue weighted by Gasteiger charge is 2.22. The molecular formula is C14H22N2. The fourth-order valence-corrected chi connectivity index (χ4v) is 2.38. The summed E-state index contributed by atoms with van der Waals surface area (Å²) in [6.45, 7) is 8.34. The number of nitrogens with zero attached hydrogens (tertiary/aromatic N) is 2. The Morgan fingerprint density at radius 1 is 1.19 bits per heavy atom. The van der Waals surface area contributed by atoms with Gasteiger partial charge in [0.2, 0.25) is 0 Å². The third-order valence-corrected chi connectivity index (χ3v) is 3.59.